The number of fused-ring (bicyclic) bond motifs is 1. The number of rotatable bonds is 3. The van der Waals surface area contributed by atoms with Crippen LogP contribution in [0.2, 0.25) is 0 Å². The number of aryl methyl sites for hydroxylation is 1. The molecule has 0 aromatic carbocycles. The Bertz CT molecular complexity index is 398. The van der Waals surface area contributed by atoms with E-state index in [0.29, 0.717) is 6.42 Å². The van der Waals surface area contributed by atoms with Crippen molar-refractivity contribution in [3.8, 4) is 0 Å². The van der Waals surface area contributed by atoms with Gasteiger partial charge in [0.15, 0.2) is 0 Å². The van der Waals surface area contributed by atoms with E-state index in [1.807, 2.05) is 0 Å². The van der Waals surface area contributed by atoms with Crippen LogP contribution in [0.15, 0.2) is 0 Å². The first-order valence-corrected chi connectivity index (χ1v) is 5.99. The van der Waals surface area contributed by atoms with Crippen LogP contribution in [0.4, 0.5) is 0 Å². The summed E-state index contributed by atoms with van der Waals surface area (Å²) in [5, 5.41) is 8.76. The molecule has 1 atom stereocenters. The molecule has 0 spiro atoms. The Balaban J connectivity index is 2.20. The Morgan fingerprint density at radius 2 is 2.33 bits per heavy atom. The summed E-state index contributed by atoms with van der Waals surface area (Å²) in [5.74, 6) is -0.914. The number of carboxylic acid groups (broad SMARTS) is 1. The highest BCUT2D eigenvalue weighted by atomic mass is 32.1. The summed E-state index contributed by atoms with van der Waals surface area (Å²) in [6.45, 7) is 2.09. The maximum absolute atomic E-state index is 10.7. The van der Waals surface area contributed by atoms with Gasteiger partial charge in [0.2, 0.25) is 0 Å². The molecule has 0 aliphatic heterocycles. The minimum Gasteiger partial charge on any atom is -0.480 e. The third-order valence-electron chi connectivity index (χ3n) is 3.01. The molecule has 0 bridgehead atoms. The number of hydrogen-bond acceptors (Lipinski definition) is 3. The second kappa shape index (κ2) is 3.94. The van der Waals surface area contributed by atoms with Crippen molar-refractivity contribution in [1.29, 1.82) is 0 Å². The maximum atomic E-state index is 10.7. The molecule has 3 nitrogen and oxygen atoms in total. The molecule has 1 aliphatic rings. The smallest absolute Gasteiger partial charge is 0.320 e. The zero-order valence-corrected chi connectivity index (χ0v) is 9.56. The van der Waals surface area contributed by atoms with E-state index >= 15 is 0 Å². The predicted molar refractivity (Wildman–Crippen MR) is 60.4 cm³/mol. The van der Waals surface area contributed by atoms with Gasteiger partial charge >= 0.3 is 5.97 Å². The first kappa shape index (κ1) is 10.6. The molecular formula is C11H15NO2S. The molecule has 2 rings (SSSR count). The van der Waals surface area contributed by atoms with E-state index in [1.54, 1.807) is 11.3 Å². The third-order valence-corrected chi connectivity index (χ3v) is 4.42. The van der Waals surface area contributed by atoms with Gasteiger partial charge in [0, 0.05) is 16.2 Å². The van der Waals surface area contributed by atoms with Crippen LogP contribution in [0.1, 0.15) is 27.3 Å². The fraction of sp³-hybridized carbons (Fsp3) is 0.545. The van der Waals surface area contributed by atoms with Gasteiger partial charge in [-0.1, -0.05) is 0 Å². The first-order valence-electron chi connectivity index (χ1n) is 5.18. The van der Waals surface area contributed by atoms with Crippen LogP contribution in [0, 0.1) is 6.92 Å². The van der Waals surface area contributed by atoms with Gasteiger partial charge in [-0.05, 0) is 37.3 Å². The second-order valence-electron chi connectivity index (χ2n) is 4.05. The van der Waals surface area contributed by atoms with Gasteiger partial charge in [0.25, 0.3) is 0 Å². The van der Waals surface area contributed by atoms with Crippen LogP contribution >= 0.6 is 11.3 Å². The molecule has 1 aromatic heterocycles. The van der Waals surface area contributed by atoms with Crippen LogP contribution in [0.5, 0.6) is 0 Å². The van der Waals surface area contributed by atoms with Crippen molar-refractivity contribution in [3.05, 3.63) is 20.9 Å². The number of carbonyl (C=O) groups is 1. The molecule has 0 amide bonds. The van der Waals surface area contributed by atoms with Crippen molar-refractivity contribution in [2.45, 2.75) is 38.6 Å². The number of aliphatic carboxylic acids is 1. The highest BCUT2D eigenvalue weighted by molar-refractivity contribution is 7.12. The number of thiophene rings is 1. The molecule has 82 valence electrons. The number of carboxylic acids is 1. The van der Waals surface area contributed by atoms with E-state index in [-0.39, 0.29) is 0 Å². The van der Waals surface area contributed by atoms with Gasteiger partial charge < -0.3 is 10.8 Å². The Hall–Kier alpha value is -0.870. The fourth-order valence-electron chi connectivity index (χ4n) is 2.10. The van der Waals surface area contributed by atoms with E-state index < -0.39 is 12.0 Å². The Morgan fingerprint density at radius 1 is 1.60 bits per heavy atom. The molecule has 15 heavy (non-hydrogen) atoms. The summed E-state index contributed by atoms with van der Waals surface area (Å²) in [5.41, 5.74) is 8.28. The van der Waals surface area contributed by atoms with Crippen molar-refractivity contribution in [3.63, 3.8) is 0 Å². The molecule has 0 saturated heterocycles. The van der Waals surface area contributed by atoms with Crippen LogP contribution in [0.3, 0.4) is 0 Å². The van der Waals surface area contributed by atoms with E-state index in [0.717, 1.165) is 17.7 Å². The average molecular weight is 225 g/mol. The molecule has 4 heteroatoms. The standard InChI is InChI=1S/C11H15NO2S/c1-6-7-3-2-4-9(7)15-10(6)5-8(12)11(13)14/h8H,2-5,12H2,1H3,(H,13,14). The van der Waals surface area contributed by atoms with E-state index in [4.69, 9.17) is 10.8 Å². The molecule has 1 unspecified atom stereocenters. The van der Waals surface area contributed by atoms with E-state index in [1.165, 1.54) is 22.4 Å². The van der Waals surface area contributed by atoms with Gasteiger partial charge in [-0.3, -0.25) is 4.79 Å². The quantitative estimate of drug-likeness (QED) is 0.819. The zero-order valence-electron chi connectivity index (χ0n) is 8.75. The lowest BCUT2D eigenvalue weighted by Crippen LogP contribution is -2.32. The molecule has 0 fully saturated rings. The summed E-state index contributed by atoms with van der Waals surface area (Å²) in [4.78, 5) is 13.3. The summed E-state index contributed by atoms with van der Waals surface area (Å²) in [7, 11) is 0. The van der Waals surface area contributed by atoms with Crippen molar-refractivity contribution < 1.29 is 9.90 Å². The maximum Gasteiger partial charge on any atom is 0.320 e. The molecule has 0 radical (unpaired) electrons. The van der Waals surface area contributed by atoms with Gasteiger partial charge in [-0.2, -0.15) is 0 Å². The highest BCUT2D eigenvalue weighted by Gasteiger charge is 2.22. The SMILES string of the molecule is Cc1c(CC(N)C(=O)O)sc2c1CCC2. The summed E-state index contributed by atoms with van der Waals surface area (Å²) in [6, 6.07) is -0.762. The topological polar surface area (TPSA) is 63.3 Å². The van der Waals surface area contributed by atoms with Crippen molar-refractivity contribution in [2.24, 2.45) is 5.73 Å². The van der Waals surface area contributed by atoms with Gasteiger partial charge in [-0.15, -0.1) is 11.3 Å². The molecule has 0 saturated carbocycles. The van der Waals surface area contributed by atoms with E-state index in [9.17, 15) is 4.79 Å². The first-order chi connectivity index (χ1) is 7.09. The minimum atomic E-state index is -0.914. The van der Waals surface area contributed by atoms with Crippen LogP contribution < -0.4 is 5.73 Å². The van der Waals surface area contributed by atoms with Crippen LogP contribution in [-0.2, 0) is 24.1 Å². The van der Waals surface area contributed by atoms with Crippen molar-refractivity contribution in [1.82, 2.24) is 0 Å². The lowest BCUT2D eigenvalue weighted by atomic mass is 10.1. The fourth-order valence-corrected chi connectivity index (χ4v) is 3.56. The normalized spacial score (nSPS) is 16.4. The van der Waals surface area contributed by atoms with Crippen LogP contribution in [0.25, 0.3) is 0 Å². The molecular weight excluding hydrogens is 210 g/mol. The van der Waals surface area contributed by atoms with E-state index in [2.05, 4.69) is 6.92 Å². The zero-order chi connectivity index (χ0) is 11.0. The molecule has 1 aromatic rings. The highest BCUT2D eigenvalue weighted by Crippen LogP contribution is 2.35. The monoisotopic (exact) mass is 225 g/mol. The van der Waals surface area contributed by atoms with Gasteiger partial charge in [0.05, 0.1) is 0 Å². The lowest BCUT2D eigenvalue weighted by Gasteiger charge is -2.05. The Labute approximate surface area is 92.9 Å². The average Bonchev–Trinajstić information content (AvgIpc) is 2.71. The Kier molecular flexibility index (Phi) is 2.80. The largest absolute Gasteiger partial charge is 0.480 e. The summed E-state index contributed by atoms with van der Waals surface area (Å²) >= 11 is 1.75. The summed E-state index contributed by atoms with van der Waals surface area (Å²) in [6.07, 6.45) is 4.02. The Morgan fingerprint density at radius 3 is 2.93 bits per heavy atom. The third kappa shape index (κ3) is 1.92. The van der Waals surface area contributed by atoms with Crippen LogP contribution in [-0.4, -0.2) is 17.1 Å². The van der Waals surface area contributed by atoms with Gasteiger partial charge in [-0.25, -0.2) is 0 Å². The minimum absolute atomic E-state index is 0.471. The molecule has 1 aliphatic carbocycles. The van der Waals surface area contributed by atoms with Crippen molar-refractivity contribution >= 4 is 17.3 Å². The number of hydrogen-bond donors (Lipinski definition) is 2. The lowest BCUT2D eigenvalue weighted by molar-refractivity contribution is -0.138. The summed E-state index contributed by atoms with van der Waals surface area (Å²) < 4.78 is 0. The second-order valence-corrected chi connectivity index (χ2v) is 5.24. The predicted octanol–water partition coefficient (Wildman–Crippen LogP) is 1.50. The molecule has 1 heterocycles. The van der Waals surface area contributed by atoms with Gasteiger partial charge in [0.1, 0.15) is 6.04 Å². The number of nitrogens with two attached hydrogens (primary N) is 1. The molecule has 3 N–H and O–H groups in total. The van der Waals surface area contributed by atoms with Crippen molar-refractivity contribution in [2.75, 3.05) is 0 Å².